The summed E-state index contributed by atoms with van der Waals surface area (Å²) in [6.07, 6.45) is 0.793. The minimum Gasteiger partial charge on any atom is -0.351 e. The van der Waals surface area contributed by atoms with Crippen molar-refractivity contribution in [1.82, 2.24) is 15.1 Å². The summed E-state index contributed by atoms with van der Waals surface area (Å²) < 4.78 is 0. The summed E-state index contributed by atoms with van der Waals surface area (Å²) >= 11 is 0. The van der Waals surface area contributed by atoms with Gasteiger partial charge in [0.25, 0.3) is 0 Å². The molecule has 1 aliphatic rings. The average Bonchev–Trinajstić information content (AvgIpc) is 2.60. The molecule has 2 rings (SSSR count). The third-order valence-corrected chi connectivity index (χ3v) is 4.43. The Hall–Kier alpha value is -2.37. The van der Waals surface area contributed by atoms with Crippen LogP contribution in [0.1, 0.15) is 25.0 Å². The van der Waals surface area contributed by atoms with E-state index in [9.17, 15) is 14.4 Å². The summed E-state index contributed by atoms with van der Waals surface area (Å²) in [5, 5.41) is 2.85. The van der Waals surface area contributed by atoms with Crippen LogP contribution in [0.3, 0.4) is 0 Å². The van der Waals surface area contributed by atoms with Crippen molar-refractivity contribution >= 4 is 18.2 Å². The Morgan fingerprint density at radius 3 is 2.25 bits per heavy atom. The molecule has 3 amide bonds. The van der Waals surface area contributed by atoms with Crippen LogP contribution >= 0.6 is 0 Å². The molecule has 0 unspecified atom stereocenters. The van der Waals surface area contributed by atoms with Gasteiger partial charge in [-0.05, 0) is 26.3 Å². The second kappa shape index (κ2) is 7.47. The molecule has 0 saturated carbocycles. The van der Waals surface area contributed by atoms with E-state index in [2.05, 4.69) is 5.32 Å². The molecular formula is C18H25N3O3. The van der Waals surface area contributed by atoms with Crippen molar-refractivity contribution in [2.75, 3.05) is 26.2 Å². The topological polar surface area (TPSA) is 69.7 Å². The summed E-state index contributed by atoms with van der Waals surface area (Å²) in [6, 6.07) is 7.90. The molecule has 24 heavy (non-hydrogen) atoms. The Morgan fingerprint density at radius 1 is 1.12 bits per heavy atom. The summed E-state index contributed by atoms with van der Waals surface area (Å²) in [4.78, 5) is 39.2. The molecule has 0 radical (unpaired) electrons. The molecule has 1 N–H and O–H groups in total. The monoisotopic (exact) mass is 331 g/mol. The average molecular weight is 331 g/mol. The molecule has 0 atom stereocenters. The molecule has 1 aromatic rings. The molecule has 0 spiro atoms. The largest absolute Gasteiger partial charge is 0.351 e. The molecule has 6 heteroatoms. The van der Waals surface area contributed by atoms with E-state index >= 15 is 0 Å². The lowest BCUT2D eigenvalue weighted by atomic mass is 9.90. The first kappa shape index (κ1) is 18.0. The van der Waals surface area contributed by atoms with Crippen molar-refractivity contribution in [2.24, 2.45) is 5.41 Å². The second-order valence-electron chi connectivity index (χ2n) is 6.73. The fraction of sp³-hybridized carbons (Fsp3) is 0.500. The quantitative estimate of drug-likeness (QED) is 0.645. The van der Waals surface area contributed by atoms with Gasteiger partial charge in [0.05, 0.1) is 0 Å². The van der Waals surface area contributed by atoms with E-state index in [0.29, 0.717) is 32.7 Å². The highest BCUT2D eigenvalue weighted by atomic mass is 16.2. The van der Waals surface area contributed by atoms with E-state index in [4.69, 9.17) is 0 Å². The van der Waals surface area contributed by atoms with Gasteiger partial charge in [0.2, 0.25) is 18.2 Å². The lowest BCUT2D eigenvalue weighted by Gasteiger charge is -2.36. The minimum absolute atomic E-state index is 0.200. The predicted molar refractivity (Wildman–Crippen MR) is 91.0 cm³/mol. The van der Waals surface area contributed by atoms with E-state index in [1.807, 2.05) is 31.2 Å². The van der Waals surface area contributed by atoms with Gasteiger partial charge in [-0.3, -0.25) is 14.4 Å². The van der Waals surface area contributed by atoms with E-state index in [-0.39, 0.29) is 11.8 Å². The first-order valence-electron chi connectivity index (χ1n) is 8.17. The van der Waals surface area contributed by atoms with Crippen LogP contribution in [0.4, 0.5) is 0 Å². The van der Waals surface area contributed by atoms with Crippen molar-refractivity contribution in [1.29, 1.82) is 0 Å². The van der Waals surface area contributed by atoms with Crippen LogP contribution in [0.2, 0.25) is 0 Å². The lowest BCUT2D eigenvalue weighted by molar-refractivity contribution is -0.150. The van der Waals surface area contributed by atoms with Gasteiger partial charge in [-0.2, -0.15) is 0 Å². The van der Waals surface area contributed by atoms with Gasteiger partial charge in [0, 0.05) is 32.7 Å². The third kappa shape index (κ3) is 4.13. The van der Waals surface area contributed by atoms with E-state index in [1.54, 1.807) is 23.6 Å². The van der Waals surface area contributed by atoms with Crippen LogP contribution in [0.5, 0.6) is 0 Å². The molecule has 0 aromatic heterocycles. The first-order valence-corrected chi connectivity index (χ1v) is 8.17. The first-order chi connectivity index (χ1) is 11.3. The highest BCUT2D eigenvalue weighted by Crippen LogP contribution is 2.20. The van der Waals surface area contributed by atoms with Crippen molar-refractivity contribution in [2.45, 2.75) is 27.3 Å². The Bertz CT molecular complexity index is 602. The summed E-state index contributed by atoms with van der Waals surface area (Å²) in [6.45, 7) is 7.64. The molecule has 0 aliphatic carbocycles. The van der Waals surface area contributed by atoms with Gasteiger partial charge in [-0.25, -0.2) is 0 Å². The van der Waals surface area contributed by atoms with Gasteiger partial charge in [-0.1, -0.05) is 29.8 Å². The van der Waals surface area contributed by atoms with Gasteiger partial charge >= 0.3 is 0 Å². The number of aryl methyl sites for hydroxylation is 1. The Kier molecular flexibility index (Phi) is 5.59. The fourth-order valence-electron chi connectivity index (χ4n) is 2.63. The van der Waals surface area contributed by atoms with E-state index in [0.717, 1.165) is 17.5 Å². The summed E-state index contributed by atoms with van der Waals surface area (Å²) in [5.74, 6) is -0.486. The van der Waals surface area contributed by atoms with Crippen molar-refractivity contribution < 1.29 is 14.4 Å². The number of carbonyl (C=O) groups excluding carboxylic acids is 3. The number of nitrogens with one attached hydrogen (secondary N) is 1. The standard InChI is InChI=1S/C18H25N3O3/c1-14-4-6-15(7-5-14)12-19-16(23)18(2,3)17(24)21-10-8-20(13-22)9-11-21/h4-7,13H,8-12H2,1-3H3,(H,19,23). The zero-order chi connectivity index (χ0) is 17.7. The van der Waals surface area contributed by atoms with E-state index < -0.39 is 5.41 Å². The number of benzene rings is 1. The minimum atomic E-state index is -1.13. The van der Waals surface area contributed by atoms with Crippen LogP contribution < -0.4 is 5.32 Å². The smallest absolute Gasteiger partial charge is 0.237 e. The summed E-state index contributed by atoms with van der Waals surface area (Å²) in [5.41, 5.74) is 1.03. The zero-order valence-electron chi connectivity index (χ0n) is 14.5. The number of piperazine rings is 1. The normalized spacial score (nSPS) is 15.1. The van der Waals surface area contributed by atoms with Crippen LogP contribution in [-0.2, 0) is 20.9 Å². The van der Waals surface area contributed by atoms with Crippen LogP contribution in [-0.4, -0.2) is 54.2 Å². The molecular weight excluding hydrogens is 306 g/mol. The number of amides is 3. The number of carbonyl (C=O) groups is 3. The molecule has 1 heterocycles. The van der Waals surface area contributed by atoms with Crippen LogP contribution in [0, 0.1) is 12.3 Å². The maximum atomic E-state index is 12.7. The molecule has 0 bridgehead atoms. The zero-order valence-corrected chi connectivity index (χ0v) is 14.5. The molecule has 1 fully saturated rings. The molecule has 1 aliphatic heterocycles. The maximum absolute atomic E-state index is 12.7. The van der Waals surface area contributed by atoms with Crippen LogP contribution in [0.15, 0.2) is 24.3 Å². The van der Waals surface area contributed by atoms with Crippen LogP contribution in [0.25, 0.3) is 0 Å². The third-order valence-electron chi connectivity index (χ3n) is 4.43. The highest BCUT2D eigenvalue weighted by Gasteiger charge is 2.39. The van der Waals surface area contributed by atoms with E-state index in [1.165, 1.54) is 0 Å². The number of hydrogen-bond acceptors (Lipinski definition) is 3. The molecule has 130 valence electrons. The van der Waals surface area contributed by atoms with Crippen molar-refractivity contribution in [3.63, 3.8) is 0 Å². The molecule has 1 saturated heterocycles. The Balaban J connectivity index is 1.92. The molecule has 6 nitrogen and oxygen atoms in total. The second-order valence-corrected chi connectivity index (χ2v) is 6.73. The van der Waals surface area contributed by atoms with Crippen molar-refractivity contribution in [3.8, 4) is 0 Å². The summed E-state index contributed by atoms with van der Waals surface area (Å²) in [7, 11) is 0. The fourth-order valence-corrected chi connectivity index (χ4v) is 2.63. The Labute approximate surface area is 142 Å². The number of nitrogens with zero attached hydrogens (tertiary/aromatic N) is 2. The van der Waals surface area contributed by atoms with Crippen molar-refractivity contribution in [3.05, 3.63) is 35.4 Å². The van der Waals surface area contributed by atoms with Gasteiger partial charge in [0.15, 0.2) is 0 Å². The maximum Gasteiger partial charge on any atom is 0.237 e. The SMILES string of the molecule is Cc1ccc(CNC(=O)C(C)(C)C(=O)N2CCN(C=O)CC2)cc1. The van der Waals surface area contributed by atoms with Gasteiger partial charge in [-0.15, -0.1) is 0 Å². The number of hydrogen-bond donors (Lipinski definition) is 1. The predicted octanol–water partition coefficient (Wildman–Crippen LogP) is 0.938. The highest BCUT2D eigenvalue weighted by molar-refractivity contribution is 6.04. The Morgan fingerprint density at radius 2 is 1.71 bits per heavy atom. The molecule has 1 aromatic carbocycles. The van der Waals surface area contributed by atoms with Gasteiger partial charge in [0.1, 0.15) is 5.41 Å². The number of rotatable bonds is 5. The lowest BCUT2D eigenvalue weighted by Crippen LogP contribution is -2.55. The van der Waals surface area contributed by atoms with Gasteiger partial charge < -0.3 is 15.1 Å².